The molecule has 0 aromatic heterocycles. The number of hydrogen-bond acceptors (Lipinski definition) is 2. The van der Waals surface area contributed by atoms with Crippen LogP contribution in [-0.2, 0) is 10.0 Å². The molecule has 0 radical (unpaired) electrons. The Balaban J connectivity index is 2.28. The molecule has 0 amide bonds. The van der Waals surface area contributed by atoms with E-state index in [1.54, 1.807) is 6.07 Å². The average Bonchev–Trinajstić information content (AvgIpc) is 2.39. The molecule has 1 saturated carbocycles. The van der Waals surface area contributed by atoms with Crippen LogP contribution >= 0.6 is 31.9 Å². The highest BCUT2D eigenvalue weighted by Crippen LogP contribution is 2.32. The van der Waals surface area contributed by atoms with Gasteiger partial charge < -0.3 is 0 Å². The Morgan fingerprint density at radius 3 is 2.48 bits per heavy atom. The van der Waals surface area contributed by atoms with Crippen molar-refractivity contribution in [2.24, 2.45) is 11.8 Å². The number of hydrogen-bond donors (Lipinski definition) is 1. The summed E-state index contributed by atoms with van der Waals surface area (Å²) in [6.07, 6.45) is 3.17. The van der Waals surface area contributed by atoms with Crippen LogP contribution in [0.15, 0.2) is 26.0 Å². The van der Waals surface area contributed by atoms with Gasteiger partial charge in [0.15, 0.2) is 0 Å². The molecule has 0 spiro atoms. The zero-order valence-corrected chi connectivity index (χ0v) is 16.5. The van der Waals surface area contributed by atoms with Gasteiger partial charge in [-0.25, -0.2) is 13.1 Å². The number of benzene rings is 1. The second-order valence-electron chi connectivity index (χ2n) is 6.03. The fourth-order valence-electron chi connectivity index (χ4n) is 2.85. The summed E-state index contributed by atoms with van der Waals surface area (Å²) in [6.45, 7) is 6.27. The van der Waals surface area contributed by atoms with Gasteiger partial charge >= 0.3 is 0 Å². The van der Waals surface area contributed by atoms with Gasteiger partial charge in [-0.3, -0.25) is 0 Å². The summed E-state index contributed by atoms with van der Waals surface area (Å²) in [7, 11) is -3.51. The van der Waals surface area contributed by atoms with Gasteiger partial charge in [0.2, 0.25) is 10.0 Å². The van der Waals surface area contributed by atoms with Crippen molar-refractivity contribution >= 4 is 41.9 Å². The molecule has 0 aliphatic heterocycles. The fourth-order valence-corrected chi connectivity index (χ4v) is 5.88. The normalized spacial score (nSPS) is 26.8. The topological polar surface area (TPSA) is 46.2 Å². The van der Waals surface area contributed by atoms with E-state index < -0.39 is 10.0 Å². The first-order valence-electron chi connectivity index (χ1n) is 7.20. The second-order valence-corrected chi connectivity index (χ2v) is 9.42. The molecule has 21 heavy (non-hydrogen) atoms. The first-order valence-corrected chi connectivity index (χ1v) is 10.3. The van der Waals surface area contributed by atoms with Gasteiger partial charge in [-0.1, -0.05) is 42.6 Å². The predicted octanol–water partition coefficient (Wildman–Crippen LogP) is 4.62. The van der Waals surface area contributed by atoms with Crippen molar-refractivity contribution in [2.75, 3.05) is 0 Å². The van der Waals surface area contributed by atoms with Crippen molar-refractivity contribution in [3.05, 3.63) is 26.6 Å². The molecule has 0 saturated heterocycles. The van der Waals surface area contributed by atoms with Gasteiger partial charge in [0.1, 0.15) is 0 Å². The molecule has 1 fully saturated rings. The SMILES string of the molecule is Cc1cc(Br)c(S(=O)(=O)NC2CCCC(C)C2C)cc1Br. The molecule has 1 aromatic rings. The van der Waals surface area contributed by atoms with Gasteiger partial charge in [-0.05, 0) is 58.8 Å². The van der Waals surface area contributed by atoms with Crippen molar-refractivity contribution in [1.82, 2.24) is 4.72 Å². The minimum absolute atomic E-state index is 0.0192. The van der Waals surface area contributed by atoms with Crippen LogP contribution in [0.3, 0.4) is 0 Å². The highest BCUT2D eigenvalue weighted by atomic mass is 79.9. The zero-order chi connectivity index (χ0) is 15.8. The largest absolute Gasteiger partial charge is 0.241 e. The Morgan fingerprint density at radius 1 is 1.14 bits per heavy atom. The Labute approximate surface area is 144 Å². The van der Waals surface area contributed by atoms with Crippen LogP contribution in [0, 0.1) is 18.8 Å². The predicted molar refractivity (Wildman–Crippen MR) is 92.9 cm³/mol. The Morgan fingerprint density at radius 2 is 1.81 bits per heavy atom. The molecular formula is C15H21Br2NO2S. The maximum atomic E-state index is 12.7. The molecule has 1 aromatic carbocycles. The quantitative estimate of drug-likeness (QED) is 0.747. The molecule has 0 heterocycles. The van der Waals surface area contributed by atoms with Crippen molar-refractivity contribution in [2.45, 2.75) is 51.0 Å². The maximum Gasteiger partial charge on any atom is 0.241 e. The van der Waals surface area contributed by atoms with Crippen molar-refractivity contribution < 1.29 is 8.42 Å². The van der Waals surface area contributed by atoms with Crippen LogP contribution in [0.2, 0.25) is 0 Å². The number of rotatable bonds is 3. The van der Waals surface area contributed by atoms with Crippen LogP contribution < -0.4 is 4.72 Å². The van der Waals surface area contributed by atoms with E-state index in [0.29, 0.717) is 21.2 Å². The molecule has 3 unspecified atom stereocenters. The molecule has 1 aliphatic carbocycles. The van der Waals surface area contributed by atoms with E-state index in [1.165, 1.54) is 6.42 Å². The molecule has 3 atom stereocenters. The third-order valence-corrected chi connectivity index (χ3v) is 7.82. The van der Waals surface area contributed by atoms with Crippen LogP contribution in [-0.4, -0.2) is 14.5 Å². The Hall–Kier alpha value is 0.0900. The molecule has 1 N–H and O–H groups in total. The highest BCUT2D eigenvalue weighted by Gasteiger charge is 2.31. The van der Waals surface area contributed by atoms with E-state index in [0.717, 1.165) is 22.9 Å². The third-order valence-electron chi connectivity index (χ3n) is 4.52. The van der Waals surface area contributed by atoms with Crippen molar-refractivity contribution in [3.63, 3.8) is 0 Å². The second kappa shape index (κ2) is 6.69. The molecule has 118 valence electrons. The minimum Gasteiger partial charge on any atom is -0.208 e. The molecule has 0 bridgehead atoms. The van der Waals surface area contributed by atoms with E-state index in [2.05, 4.69) is 50.4 Å². The van der Waals surface area contributed by atoms with Crippen molar-refractivity contribution in [3.8, 4) is 0 Å². The first kappa shape index (κ1) is 17.4. The Kier molecular flexibility index (Phi) is 5.55. The summed E-state index contributed by atoms with van der Waals surface area (Å²) in [5, 5.41) is 0. The summed E-state index contributed by atoms with van der Waals surface area (Å²) in [5.41, 5.74) is 1.00. The number of sulfonamides is 1. The van der Waals surface area contributed by atoms with Gasteiger partial charge in [0.05, 0.1) is 4.90 Å². The van der Waals surface area contributed by atoms with E-state index in [4.69, 9.17) is 0 Å². The number of nitrogens with one attached hydrogen (secondary N) is 1. The molecule has 6 heteroatoms. The zero-order valence-electron chi connectivity index (χ0n) is 12.5. The lowest BCUT2D eigenvalue weighted by Crippen LogP contribution is -2.43. The fraction of sp³-hybridized carbons (Fsp3) is 0.600. The average molecular weight is 439 g/mol. The lowest BCUT2D eigenvalue weighted by atomic mass is 9.78. The Bertz CT molecular complexity index is 631. The molecule has 2 rings (SSSR count). The van der Waals surface area contributed by atoms with E-state index in [-0.39, 0.29) is 6.04 Å². The summed E-state index contributed by atoms with van der Waals surface area (Å²) >= 11 is 6.78. The maximum absolute atomic E-state index is 12.7. The van der Waals surface area contributed by atoms with Crippen LogP contribution in [0.5, 0.6) is 0 Å². The van der Waals surface area contributed by atoms with Crippen LogP contribution in [0.25, 0.3) is 0 Å². The van der Waals surface area contributed by atoms with Gasteiger partial charge in [0, 0.05) is 15.0 Å². The van der Waals surface area contributed by atoms with E-state index in [9.17, 15) is 8.42 Å². The van der Waals surface area contributed by atoms with E-state index >= 15 is 0 Å². The lowest BCUT2D eigenvalue weighted by molar-refractivity contribution is 0.227. The van der Waals surface area contributed by atoms with E-state index in [1.807, 2.05) is 13.0 Å². The van der Waals surface area contributed by atoms with Crippen molar-refractivity contribution in [1.29, 1.82) is 0 Å². The molecule has 3 nitrogen and oxygen atoms in total. The number of halogens is 2. The monoisotopic (exact) mass is 437 g/mol. The van der Waals surface area contributed by atoms with Gasteiger partial charge in [0.25, 0.3) is 0 Å². The van der Waals surface area contributed by atoms with Crippen LogP contribution in [0.4, 0.5) is 0 Å². The van der Waals surface area contributed by atoms with Gasteiger partial charge in [-0.2, -0.15) is 0 Å². The first-order chi connectivity index (χ1) is 9.72. The molecular weight excluding hydrogens is 418 g/mol. The lowest BCUT2D eigenvalue weighted by Gasteiger charge is -2.34. The minimum atomic E-state index is -3.51. The van der Waals surface area contributed by atoms with Crippen LogP contribution in [0.1, 0.15) is 38.7 Å². The smallest absolute Gasteiger partial charge is 0.208 e. The highest BCUT2D eigenvalue weighted by molar-refractivity contribution is 9.11. The molecule has 1 aliphatic rings. The standard InChI is InChI=1S/C15H21Br2NO2S/c1-9-5-4-6-14(11(9)3)18-21(19,20)15-8-12(16)10(2)7-13(15)17/h7-9,11,14,18H,4-6H2,1-3H3. The summed E-state index contributed by atoms with van der Waals surface area (Å²) < 4.78 is 29.7. The summed E-state index contributed by atoms with van der Waals surface area (Å²) in [5.74, 6) is 0.917. The summed E-state index contributed by atoms with van der Waals surface area (Å²) in [4.78, 5) is 0.297. The van der Waals surface area contributed by atoms with Gasteiger partial charge in [-0.15, -0.1) is 0 Å². The third kappa shape index (κ3) is 3.89. The number of aryl methyl sites for hydroxylation is 1. The summed E-state index contributed by atoms with van der Waals surface area (Å²) in [6, 6.07) is 3.51.